The number of likely N-dealkylation sites (tertiary alicyclic amines) is 1. The number of aromatic nitrogens is 1. The Morgan fingerprint density at radius 3 is 2.84 bits per heavy atom. The summed E-state index contributed by atoms with van der Waals surface area (Å²) in [6, 6.07) is 7.18. The number of nitrogens with zero attached hydrogens (tertiary/aromatic N) is 2. The summed E-state index contributed by atoms with van der Waals surface area (Å²) in [5, 5.41) is 0. The van der Waals surface area contributed by atoms with Crippen molar-refractivity contribution in [1.29, 1.82) is 0 Å². The van der Waals surface area contributed by atoms with Gasteiger partial charge in [0, 0.05) is 19.3 Å². The monoisotopic (exact) mass is 407 g/mol. The molecule has 1 aliphatic heterocycles. The van der Waals surface area contributed by atoms with Gasteiger partial charge in [0.05, 0.1) is 10.4 Å². The molecule has 2 amide bonds. The summed E-state index contributed by atoms with van der Waals surface area (Å²) in [4.78, 5) is 29.7. The summed E-state index contributed by atoms with van der Waals surface area (Å²) < 4.78 is 19.3. The van der Waals surface area contributed by atoms with Crippen molar-refractivity contribution in [1.82, 2.24) is 9.88 Å². The highest BCUT2D eigenvalue weighted by Crippen LogP contribution is 2.31. The largest absolute Gasteiger partial charge is 0.437 e. The van der Waals surface area contributed by atoms with Gasteiger partial charge in [-0.3, -0.25) is 9.59 Å². The zero-order valence-corrected chi connectivity index (χ0v) is 14.7. The second kappa shape index (κ2) is 7.18. The number of amides is 2. The zero-order chi connectivity index (χ0) is 18.0. The molecule has 3 rings (SSSR count). The van der Waals surface area contributed by atoms with Crippen LogP contribution in [-0.2, 0) is 4.79 Å². The highest BCUT2D eigenvalue weighted by molar-refractivity contribution is 9.10. The van der Waals surface area contributed by atoms with Crippen molar-refractivity contribution >= 4 is 27.7 Å². The van der Waals surface area contributed by atoms with Crippen LogP contribution in [0.2, 0.25) is 0 Å². The number of rotatable bonds is 4. The van der Waals surface area contributed by atoms with Crippen LogP contribution in [0.4, 0.5) is 4.39 Å². The molecular formula is C17H15BrFN3O3. The van der Waals surface area contributed by atoms with E-state index in [1.54, 1.807) is 17.0 Å². The molecular weight excluding hydrogens is 393 g/mol. The number of carbonyl (C=O) groups is 2. The van der Waals surface area contributed by atoms with Gasteiger partial charge in [0.25, 0.3) is 5.91 Å². The average molecular weight is 408 g/mol. The predicted octanol–water partition coefficient (Wildman–Crippen LogP) is 2.72. The molecule has 2 N–H and O–H groups in total. The number of nitrogens with two attached hydrogens (primary N) is 1. The fourth-order valence-electron chi connectivity index (χ4n) is 2.64. The molecule has 2 heterocycles. The minimum Gasteiger partial charge on any atom is -0.437 e. The lowest BCUT2D eigenvalue weighted by Crippen LogP contribution is -2.32. The summed E-state index contributed by atoms with van der Waals surface area (Å²) in [6.45, 7) is 0.726. The van der Waals surface area contributed by atoms with Gasteiger partial charge >= 0.3 is 0 Å². The molecule has 130 valence electrons. The van der Waals surface area contributed by atoms with Crippen LogP contribution >= 0.6 is 15.9 Å². The maximum absolute atomic E-state index is 13.2. The van der Waals surface area contributed by atoms with Crippen LogP contribution < -0.4 is 10.5 Å². The lowest BCUT2D eigenvalue weighted by molar-refractivity contribution is -0.121. The second-order valence-electron chi connectivity index (χ2n) is 5.67. The van der Waals surface area contributed by atoms with E-state index < -0.39 is 11.7 Å². The van der Waals surface area contributed by atoms with E-state index in [1.165, 1.54) is 24.4 Å². The van der Waals surface area contributed by atoms with Gasteiger partial charge in [-0.25, -0.2) is 9.37 Å². The van der Waals surface area contributed by atoms with Crippen molar-refractivity contribution < 1.29 is 18.7 Å². The molecule has 1 aliphatic rings. The number of benzene rings is 1. The Labute approximate surface area is 151 Å². The highest BCUT2D eigenvalue weighted by Gasteiger charge is 2.31. The number of pyridine rings is 1. The molecule has 1 atom stereocenters. The fourth-order valence-corrected chi connectivity index (χ4v) is 3.08. The first-order valence-electron chi connectivity index (χ1n) is 7.62. The van der Waals surface area contributed by atoms with Crippen LogP contribution in [-0.4, -0.2) is 34.8 Å². The summed E-state index contributed by atoms with van der Waals surface area (Å²) in [6.07, 6.45) is 2.04. The van der Waals surface area contributed by atoms with E-state index in [4.69, 9.17) is 10.5 Å². The molecule has 8 heteroatoms. The molecule has 1 fully saturated rings. The molecule has 1 saturated heterocycles. The van der Waals surface area contributed by atoms with Gasteiger partial charge in [0.2, 0.25) is 11.8 Å². The van der Waals surface area contributed by atoms with E-state index in [0.29, 0.717) is 23.2 Å². The molecule has 0 aliphatic carbocycles. The standard InChI is InChI=1S/C17H15BrFN3O3/c18-13-8-11(19)3-4-14(13)25-16-12(2-1-6-21-16)17(24)22-7-5-10(9-22)15(20)23/h1-4,6,8,10H,5,7,9H2,(H2,20,23)/t10-/m1/s1. The van der Waals surface area contributed by atoms with Gasteiger partial charge in [0.1, 0.15) is 17.1 Å². The smallest absolute Gasteiger partial charge is 0.259 e. The first-order chi connectivity index (χ1) is 12.0. The summed E-state index contributed by atoms with van der Waals surface area (Å²) in [7, 11) is 0. The third-order valence-corrected chi connectivity index (χ3v) is 4.60. The van der Waals surface area contributed by atoms with Crippen molar-refractivity contribution in [2.45, 2.75) is 6.42 Å². The first kappa shape index (κ1) is 17.3. The lowest BCUT2D eigenvalue weighted by atomic mass is 10.1. The van der Waals surface area contributed by atoms with Crippen LogP contribution in [0.5, 0.6) is 11.6 Å². The van der Waals surface area contributed by atoms with E-state index in [9.17, 15) is 14.0 Å². The van der Waals surface area contributed by atoms with Crippen molar-refractivity contribution in [3.8, 4) is 11.6 Å². The number of ether oxygens (including phenoxy) is 1. The van der Waals surface area contributed by atoms with Crippen LogP contribution in [0.15, 0.2) is 41.0 Å². The SMILES string of the molecule is NC(=O)[C@@H]1CCN(C(=O)c2cccnc2Oc2ccc(F)cc2Br)C1. The molecule has 0 spiro atoms. The third kappa shape index (κ3) is 3.79. The van der Waals surface area contributed by atoms with Gasteiger partial charge in [-0.1, -0.05) is 0 Å². The summed E-state index contributed by atoms with van der Waals surface area (Å²) in [5.41, 5.74) is 5.58. The first-order valence-corrected chi connectivity index (χ1v) is 8.41. The van der Waals surface area contributed by atoms with Crippen LogP contribution in [0.1, 0.15) is 16.8 Å². The number of primary amides is 1. The van der Waals surface area contributed by atoms with E-state index >= 15 is 0 Å². The number of halogens is 2. The van der Waals surface area contributed by atoms with Gasteiger partial charge in [-0.05, 0) is 52.7 Å². The summed E-state index contributed by atoms with van der Waals surface area (Å²) >= 11 is 3.22. The molecule has 0 bridgehead atoms. The Bertz CT molecular complexity index is 831. The third-order valence-electron chi connectivity index (χ3n) is 3.98. The van der Waals surface area contributed by atoms with Crippen molar-refractivity contribution in [3.05, 3.63) is 52.4 Å². The number of hydrogen-bond donors (Lipinski definition) is 1. The van der Waals surface area contributed by atoms with Crippen molar-refractivity contribution in [2.24, 2.45) is 11.7 Å². The number of hydrogen-bond acceptors (Lipinski definition) is 4. The normalized spacial score (nSPS) is 16.7. The molecule has 2 aromatic rings. The Kier molecular flexibility index (Phi) is 4.98. The highest BCUT2D eigenvalue weighted by atomic mass is 79.9. The Hall–Kier alpha value is -2.48. The molecule has 1 aromatic heterocycles. The van der Waals surface area contributed by atoms with Crippen LogP contribution in [0, 0.1) is 11.7 Å². The predicted molar refractivity (Wildman–Crippen MR) is 91.6 cm³/mol. The van der Waals surface area contributed by atoms with E-state index in [0.717, 1.165) is 0 Å². The lowest BCUT2D eigenvalue weighted by Gasteiger charge is -2.18. The topological polar surface area (TPSA) is 85.5 Å². The second-order valence-corrected chi connectivity index (χ2v) is 6.53. The van der Waals surface area contributed by atoms with Crippen LogP contribution in [0.25, 0.3) is 0 Å². The molecule has 6 nitrogen and oxygen atoms in total. The van der Waals surface area contributed by atoms with E-state index in [-0.39, 0.29) is 29.8 Å². The fraction of sp³-hybridized carbons (Fsp3) is 0.235. The van der Waals surface area contributed by atoms with Crippen molar-refractivity contribution in [3.63, 3.8) is 0 Å². The van der Waals surface area contributed by atoms with Crippen LogP contribution in [0.3, 0.4) is 0 Å². The van der Waals surface area contributed by atoms with Crippen molar-refractivity contribution in [2.75, 3.05) is 13.1 Å². The minimum absolute atomic E-state index is 0.113. The van der Waals surface area contributed by atoms with E-state index in [1.807, 2.05) is 0 Å². The number of carbonyl (C=O) groups excluding carboxylic acids is 2. The van der Waals surface area contributed by atoms with Gasteiger partial charge in [-0.2, -0.15) is 0 Å². The Morgan fingerprint density at radius 1 is 1.36 bits per heavy atom. The molecule has 0 radical (unpaired) electrons. The van der Waals surface area contributed by atoms with Gasteiger partial charge < -0.3 is 15.4 Å². The molecule has 0 saturated carbocycles. The minimum atomic E-state index is -0.411. The maximum Gasteiger partial charge on any atom is 0.259 e. The van der Waals surface area contributed by atoms with Gasteiger partial charge in [0.15, 0.2) is 0 Å². The quantitative estimate of drug-likeness (QED) is 0.843. The van der Waals surface area contributed by atoms with E-state index in [2.05, 4.69) is 20.9 Å². The maximum atomic E-state index is 13.2. The Balaban J connectivity index is 1.83. The average Bonchev–Trinajstić information content (AvgIpc) is 3.07. The summed E-state index contributed by atoms with van der Waals surface area (Å²) in [5.74, 6) is -0.992. The molecule has 1 aromatic carbocycles. The Morgan fingerprint density at radius 2 is 2.16 bits per heavy atom. The van der Waals surface area contributed by atoms with Gasteiger partial charge in [-0.15, -0.1) is 0 Å². The zero-order valence-electron chi connectivity index (χ0n) is 13.1. The molecule has 25 heavy (non-hydrogen) atoms. The molecule has 0 unspecified atom stereocenters.